The molecule has 0 saturated heterocycles. The van der Waals surface area contributed by atoms with Gasteiger partial charge in [-0.05, 0) is 38.4 Å². The number of Topliss-reactive ketones (excluding diaryl/α,β-unsaturated/α-hetero) is 2. The lowest BCUT2D eigenvalue weighted by atomic mass is 9.58. The highest BCUT2D eigenvalue weighted by molar-refractivity contribution is 6.25. The summed E-state index contributed by atoms with van der Waals surface area (Å²) < 4.78 is 15.0. The van der Waals surface area contributed by atoms with E-state index < -0.39 is 75.3 Å². The van der Waals surface area contributed by atoms with Gasteiger partial charge in [-0.15, -0.1) is 0 Å². The second kappa shape index (κ2) is 7.68. The number of halogens is 1. The number of allylic oxidation sites excluding steroid dienone is 1. The molecule has 12 heteroatoms. The molecular formula is C23H27FN4O7. The van der Waals surface area contributed by atoms with Crippen molar-refractivity contribution in [3.8, 4) is 5.75 Å². The van der Waals surface area contributed by atoms with E-state index in [4.69, 9.17) is 11.5 Å². The SMILES string of the molecule is CN(C)c1c(F)c(N)c(O)c2c1CC1CC3[C@H](N(C)C)C(O)=C(C(N)=O)C(=O)[C@@]3(O)C(O)=C1C2=O. The quantitative estimate of drug-likeness (QED) is 0.190. The minimum atomic E-state index is -2.74. The van der Waals surface area contributed by atoms with Gasteiger partial charge >= 0.3 is 0 Å². The van der Waals surface area contributed by atoms with Crippen LogP contribution < -0.4 is 16.4 Å². The van der Waals surface area contributed by atoms with Crippen molar-refractivity contribution in [2.75, 3.05) is 38.8 Å². The molecule has 0 saturated carbocycles. The Bertz CT molecular complexity index is 1270. The van der Waals surface area contributed by atoms with Gasteiger partial charge in [0, 0.05) is 25.6 Å². The summed E-state index contributed by atoms with van der Waals surface area (Å²) in [5.41, 5.74) is 6.20. The monoisotopic (exact) mass is 490 g/mol. The van der Waals surface area contributed by atoms with E-state index in [9.17, 15) is 39.2 Å². The zero-order valence-electron chi connectivity index (χ0n) is 19.6. The third-order valence-corrected chi connectivity index (χ3v) is 7.29. The highest BCUT2D eigenvalue weighted by Crippen LogP contribution is 2.54. The molecular weight excluding hydrogens is 463 g/mol. The highest BCUT2D eigenvalue weighted by Gasteiger charge is 2.63. The van der Waals surface area contributed by atoms with E-state index in [0.717, 1.165) is 0 Å². The summed E-state index contributed by atoms with van der Waals surface area (Å²) in [5, 5.41) is 44.1. The van der Waals surface area contributed by atoms with Crippen LogP contribution in [0.1, 0.15) is 22.3 Å². The summed E-state index contributed by atoms with van der Waals surface area (Å²) in [6.45, 7) is 0. The fourth-order valence-electron chi connectivity index (χ4n) is 5.82. The van der Waals surface area contributed by atoms with Crippen LogP contribution >= 0.6 is 0 Å². The van der Waals surface area contributed by atoms with Gasteiger partial charge in [0.1, 0.15) is 22.8 Å². The average molecular weight is 490 g/mol. The number of benzene rings is 1. The number of rotatable bonds is 3. The van der Waals surface area contributed by atoms with Gasteiger partial charge in [0.25, 0.3) is 5.91 Å². The van der Waals surface area contributed by atoms with Crippen LogP contribution in [0.15, 0.2) is 22.7 Å². The summed E-state index contributed by atoms with van der Waals surface area (Å²) in [6.07, 6.45) is -0.127. The number of carbonyl (C=O) groups excluding carboxylic acids is 3. The molecule has 0 spiro atoms. The second-order valence-electron chi connectivity index (χ2n) is 9.64. The first-order valence-corrected chi connectivity index (χ1v) is 10.8. The first-order valence-electron chi connectivity index (χ1n) is 10.8. The Hall–Kier alpha value is -3.64. The van der Waals surface area contributed by atoms with Gasteiger partial charge in [-0.2, -0.15) is 0 Å². The number of likely N-dealkylation sites (N-methyl/N-ethyl adjacent to an activating group) is 1. The van der Waals surface area contributed by atoms with Crippen molar-refractivity contribution in [1.29, 1.82) is 0 Å². The number of primary amides is 1. The van der Waals surface area contributed by atoms with Crippen molar-refractivity contribution in [2.45, 2.75) is 24.5 Å². The topological polar surface area (TPSA) is 191 Å². The van der Waals surface area contributed by atoms with E-state index in [1.54, 1.807) is 0 Å². The van der Waals surface area contributed by atoms with Crippen molar-refractivity contribution < 1.29 is 39.2 Å². The van der Waals surface area contributed by atoms with Crippen molar-refractivity contribution in [3.63, 3.8) is 0 Å². The van der Waals surface area contributed by atoms with Crippen molar-refractivity contribution in [2.24, 2.45) is 17.6 Å². The maximum atomic E-state index is 15.0. The number of nitrogen functional groups attached to an aromatic ring is 1. The lowest BCUT2D eigenvalue weighted by Crippen LogP contribution is -2.63. The number of carbonyl (C=O) groups is 3. The molecule has 0 aliphatic heterocycles. The third-order valence-electron chi connectivity index (χ3n) is 7.29. The van der Waals surface area contributed by atoms with Gasteiger partial charge in [-0.25, -0.2) is 4.39 Å². The summed E-state index contributed by atoms with van der Waals surface area (Å²) in [6, 6.07) is -1.11. The molecule has 11 nitrogen and oxygen atoms in total. The van der Waals surface area contributed by atoms with Crippen LogP contribution in [0.25, 0.3) is 0 Å². The number of hydrogen-bond donors (Lipinski definition) is 6. The Morgan fingerprint density at radius 1 is 1.14 bits per heavy atom. The Kier molecular flexibility index (Phi) is 5.38. The predicted molar refractivity (Wildman–Crippen MR) is 122 cm³/mol. The zero-order valence-corrected chi connectivity index (χ0v) is 19.6. The van der Waals surface area contributed by atoms with Crippen molar-refractivity contribution >= 4 is 28.8 Å². The molecule has 3 aliphatic carbocycles. The number of anilines is 2. The maximum absolute atomic E-state index is 15.0. The summed E-state index contributed by atoms with van der Waals surface area (Å²) >= 11 is 0. The molecule has 188 valence electrons. The molecule has 4 atom stereocenters. The van der Waals surface area contributed by atoms with Crippen molar-refractivity contribution in [3.05, 3.63) is 39.6 Å². The molecule has 0 bridgehead atoms. The smallest absolute Gasteiger partial charge is 0.255 e. The van der Waals surface area contributed by atoms with E-state index in [0.29, 0.717) is 0 Å². The van der Waals surface area contributed by atoms with Crippen LogP contribution in [-0.2, 0) is 16.0 Å². The molecule has 8 N–H and O–H groups in total. The summed E-state index contributed by atoms with van der Waals surface area (Å²) in [7, 11) is 6.15. The van der Waals surface area contributed by atoms with Crippen LogP contribution in [0.2, 0.25) is 0 Å². The highest BCUT2D eigenvalue weighted by atomic mass is 19.1. The maximum Gasteiger partial charge on any atom is 0.255 e. The molecule has 35 heavy (non-hydrogen) atoms. The predicted octanol–water partition coefficient (Wildman–Crippen LogP) is -0.0921. The van der Waals surface area contributed by atoms with Gasteiger partial charge in [0.15, 0.2) is 23.0 Å². The second-order valence-corrected chi connectivity index (χ2v) is 9.64. The number of fused-ring (bicyclic) bond motifs is 3. The molecule has 2 unspecified atom stereocenters. The van der Waals surface area contributed by atoms with E-state index in [2.05, 4.69) is 0 Å². The van der Waals surface area contributed by atoms with Gasteiger partial charge in [-0.3, -0.25) is 19.3 Å². The molecule has 0 aromatic heterocycles. The first kappa shape index (κ1) is 24.5. The normalized spacial score (nSPS) is 28.1. The lowest BCUT2D eigenvalue weighted by Gasteiger charge is -2.50. The van der Waals surface area contributed by atoms with E-state index in [-0.39, 0.29) is 35.2 Å². The number of nitrogens with zero attached hydrogens (tertiary/aromatic N) is 2. The Labute approximate surface area is 199 Å². The van der Waals surface area contributed by atoms with Crippen molar-refractivity contribution in [1.82, 2.24) is 4.90 Å². The third kappa shape index (κ3) is 2.99. The van der Waals surface area contributed by atoms with E-state index in [1.807, 2.05) is 0 Å². The molecule has 0 radical (unpaired) electrons. The molecule has 0 heterocycles. The van der Waals surface area contributed by atoms with E-state index in [1.165, 1.54) is 38.0 Å². The summed E-state index contributed by atoms with van der Waals surface area (Å²) in [4.78, 5) is 41.7. The number of aliphatic hydroxyl groups excluding tert-OH is 2. The lowest BCUT2D eigenvalue weighted by molar-refractivity contribution is -0.148. The first-order chi connectivity index (χ1) is 16.2. The minimum Gasteiger partial charge on any atom is -0.510 e. The number of aliphatic hydroxyl groups is 3. The van der Waals surface area contributed by atoms with Gasteiger partial charge < -0.3 is 36.8 Å². The fraction of sp³-hybridized carbons (Fsp3) is 0.435. The van der Waals surface area contributed by atoms with Gasteiger partial charge in [0.05, 0.1) is 17.3 Å². The standard InChI is InChI=1S/C23H27FN4O7/c1-27(2)15-8-5-7-6-9-16(28(3)4)19(31)12(22(26)34)21(33)23(9,35)20(32)10(7)17(29)11(8)18(30)14(25)13(15)24/h7,9,16,30-32,35H,5-6,25H2,1-4H3,(H2,26,34)/t7?,9?,16-,23-/m0/s1. The van der Waals surface area contributed by atoms with Crippen LogP contribution in [-0.4, -0.2) is 82.6 Å². The van der Waals surface area contributed by atoms with Crippen LogP contribution in [0.4, 0.5) is 15.8 Å². The minimum absolute atomic E-state index is 0.00865. The van der Waals surface area contributed by atoms with Crippen LogP contribution in [0, 0.1) is 17.7 Å². The van der Waals surface area contributed by atoms with Gasteiger partial charge in [0.2, 0.25) is 5.78 Å². The fourth-order valence-corrected chi connectivity index (χ4v) is 5.82. The molecule has 1 amide bonds. The number of aromatic hydroxyl groups is 1. The number of ketones is 2. The number of amides is 1. The largest absolute Gasteiger partial charge is 0.510 e. The Morgan fingerprint density at radius 2 is 1.74 bits per heavy atom. The zero-order chi connectivity index (χ0) is 26.3. The van der Waals surface area contributed by atoms with Gasteiger partial charge in [-0.1, -0.05) is 0 Å². The molecule has 3 aliphatic rings. The number of nitrogens with two attached hydrogens (primary N) is 2. The Morgan fingerprint density at radius 3 is 2.26 bits per heavy atom. The summed E-state index contributed by atoms with van der Waals surface area (Å²) in [5.74, 6) is -8.90. The van der Waals surface area contributed by atoms with E-state index >= 15 is 0 Å². The average Bonchev–Trinajstić information content (AvgIpc) is 2.74. The number of phenols is 1. The molecule has 4 rings (SSSR count). The number of hydrogen-bond acceptors (Lipinski definition) is 10. The van der Waals surface area contributed by atoms with Crippen LogP contribution in [0.3, 0.4) is 0 Å². The molecule has 0 fully saturated rings. The number of phenolic OH excluding ortho intramolecular Hbond substituents is 1. The molecule has 1 aromatic rings. The van der Waals surface area contributed by atoms with Crippen LogP contribution in [0.5, 0.6) is 5.75 Å². The molecule has 1 aromatic carbocycles. The Balaban J connectivity index is 2.01.